The number of carbonyl (C=O) groups excluding carboxylic acids is 1. The first-order chi connectivity index (χ1) is 22.3. The molecule has 0 aliphatic carbocycles. The van der Waals surface area contributed by atoms with Crippen LogP contribution in [0.5, 0.6) is 11.5 Å². The Morgan fingerprint density at radius 2 is 1.96 bits per heavy atom. The van der Waals surface area contributed by atoms with Gasteiger partial charge >= 0.3 is 0 Å². The maximum absolute atomic E-state index is 11.5. The van der Waals surface area contributed by atoms with Crippen molar-refractivity contribution in [3.05, 3.63) is 76.7 Å². The number of H-pyrrole nitrogens is 1. The van der Waals surface area contributed by atoms with Crippen LogP contribution in [-0.2, 0) is 23.6 Å². The SMILES string of the molecule is C[C@]1(c2ccc(Cl)cn2)Oc2cccc(C3CCN(Cc4nc5cc(-c6nnc(C(N)=O)[nH]6)ncc5n4C[C@@H]4CCO4)CC3)c2O1. The van der Waals surface area contributed by atoms with E-state index in [9.17, 15) is 4.79 Å². The number of nitrogens with zero attached hydrogens (tertiary/aromatic N) is 7. The fourth-order valence-electron chi connectivity index (χ4n) is 6.47. The van der Waals surface area contributed by atoms with Crippen molar-refractivity contribution in [2.45, 2.75) is 57.1 Å². The molecular formula is C32H32ClN9O4. The summed E-state index contributed by atoms with van der Waals surface area (Å²) in [6.45, 7) is 5.90. The highest BCUT2D eigenvalue weighted by molar-refractivity contribution is 6.30. The number of piperidine rings is 1. The second kappa shape index (κ2) is 11.3. The molecule has 14 heteroatoms. The van der Waals surface area contributed by atoms with Crippen molar-refractivity contribution < 1.29 is 19.0 Å². The summed E-state index contributed by atoms with van der Waals surface area (Å²) in [7, 11) is 0. The van der Waals surface area contributed by atoms with Crippen molar-refractivity contribution in [1.82, 2.24) is 39.6 Å². The van der Waals surface area contributed by atoms with Gasteiger partial charge in [0.1, 0.15) is 17.2 Å². The summed E-state index contributed by atoms with van der Waals surface area (Å²) in [6.07, 6.45) is 6.52. The molecule has 0 unspecified atom stereocenters. The molecule has 0 spiro atoms. The first kappa shape index (κ1) is 28.9. The number of fused-ring (bicyclic) bond motifs is 2. The van der Waals surface area contributed by atoms with E-state index in [0.29, 0.717) is 41.2 Å². The molecule has 2 fully saturated rings. The van der Waals surface area contributed by atoms with Gasteiger partial charge in [-0.3, -0.25) is 19.7 Å². The Kier molecular flexibility index (Phi) is 7.11. The van der Waals surface area contributed by atoms with E-state index in [-0.39, 0.29) is 11.9 Å². The predicted octanol–water partition coefficient (Wildman–Crippen LogP) is 4.18. The molecule has 7 heterocycles. The molecule has 46 heavy (non-hydrogen) atoms. The molecule has 1 amide bonds. The number of para-hydroxylation sites is 1. The number of benzene rings is 1. The molecule has 236 valence electrons. The van der Waals surface area contributed by atoms with E-state index in [1.165, 1.54) is 0 Å². The van der Waals surface area contributed by atoms with Crippen molar-refractivity contribution in [3.63, 3.8) is 0 Å². The quantitative estimate of drug-likeness (QED) is 0.252. The molecule has 0 saturated carbocycles. The predicted molar refractivity (Wildman–Crippen MR) is 167 cm³/mol. The van der Waals surface area contributed by atoms with Gasteiger partial charge in [-0.1, -0.05) is 23.7 Å². The summed E-state index contributed by atoms with van der Waals surface area (Å²) in [6, 6.07) is 11.6. The summed E-state index contributed by atoms with van der Waals surface area (Å²) in [5.41, 5.74) is 9.42. The van der Waals surface area contributed by atoms with Crippen LogP contribution in [0.15, 0.2) is 48.8 Å². The van der Waals surface area contributed by atoms with Crippen molar-refractivity contribution in [2.24, 2.45) is 5.73 Å². The first-order valence-electron chi connectivity index (χ1n) is 15.4. The zero-order valence-corrected chi connectivity index (χ0v) is 25.9. The molecule has 1 aromatic carbocycles. The van der Waals surface area contributed by atoms with Crippen LogP contribution in [0.25, 0.3) is 22.6 Å². The van der Waals surface area contributed by atoms with E-state index >= 15 is 0 Å². The van der Waals surface area contributed by atoms with Crippen molar-refractivity contribution in [3.8, 4) is 23.0 Å². The van der Waals surface area contributed by atoms with Crippen LogP contribution in [-0.4, -0.2) is 71.3 Å². The second-order valence-corrected chi connectivity index (χ2v) is 12.5. The van der Waals surface area contributed by atoms with Gasteiger partial charge in [-0.2, -0.15) is 0 Å². The lowest BCUT2D eigenvalue weighted by molar-refractivity contribution is -0.0722. The van der Waals surface area contributed by atoms with Gasteiger partial charge in [0.05, 0.1) is 41.4 Å². The fourth-order valence-corrected chi connectivity index (χ4v) is 6.58. The molecular weight excluding hydrogens is 610 g/mol. The third kappa shape index (κ3) is 5.23. The lowest BCUT2D eigenvalue weighted by atomic mass is 9.88. The monoisotopic (exact) mass is 641 g/mol. The normalized spacial score (nSPS) is 21.5. The molecule has 8 rings (SSSR count). The van der Waals surface area contributed by atoms with E-state index in [1.807, 2.05) is 31.2 Å². The topological polar surface area (TPSA) is 159 Å². The van der Waals surface area contributed by atoms with Crippen LogP contribution in [0.1, 0.15) is 59.8 Å². The van der Waals surface area contributed by atoms with Gasteiger partial charge in [-0.15, -0.1) is 10.2 Å². The highest BCUT2D eigenvalue weighted by Crippen LogP contribution is 2.49. The van der Waals surface area contributed by atoms with Crippen LogP contribution in [0.2, 0.25) is 5.02 Å². The number of imidazole rings is 1. The third-order valence-corrected chi connectivity index (χ3v) is 9.28. The Hall–Kier alpha value is -4.59. The minimum absolute atomic E-state index is 0.0132. The maximum Gasteiger partial charge on any atom is 0.292 e. The molecule has 2 atom stereocenters. The number of amides is 1. The van der Waals surface area contributed by atoms with Crippen LogP contribution in [0, 0.1) is 0 Å². The first-order valence-corrected chi connectivity index (χ1v) is 15.8. The van der Waals surface area contributed by atoms with E-state index in [2.05, 4.69) is 40.7 Å². The zero-order valence-electron chi connectivity index (χ0n) is 25.1. The van der Waals surface area contributed by atoms with Gasteiger partial charge < -0.3 is 29.5 Å². The molecule has 3 aliphatic rings. The Morgan fingerprint density at radius 3 is 2.67 bits per heavy atom. The highest BCUT2D eigenvalue weighted by Gasteiger charge is 2.42. The van der Waals surface area contributed by atoms with E-state index in [4.69, 9.17) is 36.5 Å². The summed E-state index contributed by atoms with van der Waals surface area (Å²) in [5.74, 6) is 1.47. The summed E-state index contributed by atoms with van der Waals surface area (Å²) < 4.78 is 20.8. The number of halogens is 1. The average molecular weight is 642 g/mol. The molecule has 2 saturated heterocycles. The Labute approximate surface area is 269 Å². The van der Waals surface area contributed by atoms with Crippen LogP contribution < -0.4 is 15.2 Å². The molecule has 3 N–H and O–H groups in total. The number of primary amides is 1. The summed E-state index contributed by atoms with van der Waals surface area (Å²) in [5, 5.41) is 8.41. The van der Waals surface area contributed by atoms with Gasteiger partial charge in [0.15, 0.2) is 17.3 Å². The lowest BCUT2D eigenvalue weighted by Gasteiger charge is -2.33. The molecule has 0 radical (unpaired) electrons. The van der Waals surface area contributed by atoms with Crippen molar-refractivity contribution >= 4 is 28.5 Å². The minimum atomic E-state index is -1.01. The molecule has 3 aliphatic heterocycles. The second-order valence-electron chi connectivity index (χ2n) is 12.1. The summed E-state index contributed by atoms with van der Waals surface area (Å²) in [4.78, 5) is 30.9. The molecule has 0 bridgehead atoms. The maximum atomic E-state index is 11.5. The number of nitrogens with two attached hydrogens (primary N) is 1. The number of nitrogens with one attached hydrogen (secondary N) is 1. The third-order valence-electron chi connectivity index (χ3n) is 9.05. The number of carbonyl (C=O) groups is 1. The van der Waals surface area contributed by atoms with Gasteiger partial charge in [-0.05, 0) is 62.5 Å². The average Bonchev–Trinajstić information content (AvgIpc) is 3.75. The van der Waals surface area contributed by atoms with E-state index in [1.54, 1.807) is 18.5 Å². The number of pyridine rings is 2. The number of aromatic nitrogens is 7. The van der Waals surface area contributed by atoms with Gasteiger partial charge in [0, 0.05) is 25.3 Å². The zero-order chi connectivity index (χ0) is 31.4. The van der Waals surface area contributed by atoms with E-state index in [0.717, 1.165) is 72.9 Å². The van der Waals surface area contributed by atoms with Crippen LogP contribution >= 0.6 is 11.6 Å². The van der Waals surface area contributed by atoms with Gasteiger partial charge in [0.2, 0.25) is 5.82 Å². The highest BCUT2D eigenvalue weighted by atomic mass is 35.5. The number of ether oxygens (including phenoxy) is 3. The largest absolute Gasteiger partial charge is 0.443 e. The van der Waals surface area contributed by atoms with E-state index < -0.39 is 11.7 Å². The number of aromatic amines is 1. The van der Waals surface area contributed by atoms with Crippen molar-refractivity contribution in [1.29, 1.82) is 0 Å². The van der Waals surface area contributed by atoms with Crippen molar-refractivity contribution in [2.75, 3.05) is 19.7 Å². The Bertz CT molecular complexity index is 1930. The molecule has 13 nitrogen and oxygen atoms in total. The standard InChI is InChI=1S/C32H32ClN9O4/c1-32(26-6-5-19(33)14-36-26)45-25-4-2-3-21(28(25)46-32)18-7-10-41(11-8-18)17-27-37-22-13-23(30-38-31(29(34)43)40-39-30)35-15-24(22)42(27)16-20-9-12-44-20/h2-6,13-15,18,20H,7-12,16-17H2,1H3,(H2,34,43)(H,38,39,40)/t20-,32-/m0/s1. The van der Waals surface area contributed by atoms with Gasteiger partial charge in [-0.25, -0.2) is 4.98 Å². The number of rotatable bonds is 8. The minimum Gasteiger partial charge on any atom is -0.443 e. The fraction of sp³-hybridized carbons (Fsp3) is 0.375. The number of hydrogen-bond donors (Lipinski definition) is 2. The summed E-state index contributed by atoms with van der Waals surface area (Å²) >= 11 is 6.06. The van der Waals surface area contributed by atoms with Gasteiger partial charge in [0.25, 0.3) is 11.7 Å². The smallest absolute Gasteiger partial charge is 0.292 e. The lowest BCUT2D eigenvalue weighted by Crippen LogP contribution is -2.35. The Morgan fingerprint density at radius 1 is 1.11 bits per heavy atom. The Balaban J connectivity index is 0.996. The van der Waals surface area contributed by atoms with Crippen LogP contribution in [0.4, 0.5) is 0 Å². The number of likely N-dealkylation sites (tertiary alicyclic amines) is 1. The van der Waals surface area contributed by atoms with Crippen LogP contribution in [0.3, 0.4) is 0 Å². The number of hydrogen-bond acceptors (Lipinski definition) is 10. The molecule has 4 aromatic heterocycles. The molecule has 5 aromatic rings.